The first-order valence-electron chi connectivity index (χ1n) is 7.09. The van der Waals surface area contributed by atoms with Gasteiger partial charge in [0.1, 0.15) is 0 Å². The fourth-order valence-corrected chi connectivity index (χ4v) is 2.61. The van der Waals surface area contributed by atoms with Crippen LogP contribution in [0, 0.1) is 6.92 Å². The van der Waals surface area contributed by atoms with Crippen molar-refractivity contribution in [2.45, 2.75) is 32.4 Å². The third kappa shape index (κ3) is 3.56. The molecule has 2 rings (SSSR count). The zero-order chi connectivity index (χ0) is 13.9. The highest BCUT2D eigenvalue weighted by Crippen LogP contribution is 2.23. The maximum absolute atomic E-state index is 5.59. The zero-order valence-electron chi connectivity index (χ0n) is 12.6. The van der Waals surface area contributed by atoms with Gasteiger partial charge in [-0.15, -0.1) is 0 Å². The molecule has 1 saturated heterocycles. The van der Waals surface area contributed by atoms with E-state index >= 15 is 0 Å². The largest absolute Gasteiger partial charge is 0.378 e. The molecule has 3 heteroatoms. The number of rotatable bonds is 4. The number of aryl methyl sites for hydroxylation is 1. The molecular weight excluding hydrogens is 236 g/mol. The van der Waals surface area contributed by atoms with Crippen molar-refractivity contribution < 1.29 is 4.74 Å². The summed E-state index contributed by atoms with van der Waals surface area (Å²) in [6.45, 7) is 10.3. The summed E-state index contributed by atoms with van der Waals surface area (Å²) in [5.41, 5.74) is 2.79. The molecule has 1 N–H and O–H groups in total. The van der Waals surface area contributed by atoms with Crippen LogP contribution in [0.4, 0.5) is 0 Å². The summed E-state index contributed by atoms with van der Waals surface area (Å²) in [5.74, 6) is 0. The van der Waals surface area contributed by atoms with Gasteiger partial charge in [-0.3, -0.25) is 4.90 Å². The van der Waals surface area contributed by atoms with Gasteiger partial charge >= 0.3 is 0 Å². The standard InChI is InChI=1S/C16H26N2O/c1-13-5-7-14(8-6-13)15(17-4)11-18-9-10-19-12-16(18,2)3/h5-8,15,17H,9-12H2,1-4H3. The van der Waals surface area contributed by atoms with Crippen molar-refractivity contribution >= 4 is 0 Å². The van der Waals surface area contributed by atoms with E-state index < -0.39 is 0 Å². The molecule has 1 aromatic rings. The molecule has 0 amide bonds. The first-order valence-corrected chi connectivity index (χ1v) is 7.09. The average molecular weight is 262 g/mol. The summed E-state index contributed by atoms with van der Waals surface area (Å²) >= 11 is 0. The third-order valence-electron chi connectivity index (χ3n) is 4.05. The Morgan fingerprint density at radius 3 is 2.58 bits per heavy atom. The molecule has 0 radical (unpaired) electrons. The molecule has 1 heterocycles. The van der Waals surface area contributed by atoms with Gasteiger partial charge in [-0.05, 0) is 33.4 Å². The van der Waals surface area contributed by atoms with Crippen LogP contribution < -0.4 is 5.32 Å². The highest BCUT2D eigenvalue weighted by Gasteiger charge is 2.31. The van der Waals surface area contributed by atoms with Gasteiger partial charge in [0.2, 0.25) is 0 Å². The highest BCUT2D eigenvalue weighted by atomic mass is 16.5. The van der Waals surface area contributed by atoms with E-state index in [2.05, 4.69) is 55.3 Å². The normalized spacial score (nSPS) is 21.3. The molecule has 0 saturated carbocycles. The summed E-state index contributed by atoms with van der Waals surface area (Å²) in [5, 5.41) is 3.44. The number of nitrogens with one attached hydrogen (secondary N) is 1. The molecule has 0 bridgehead atoms. The Morgan fingerprint density at radius 2 is 2.00 bits per heavy atom. The molecule has 1 aliphatic heterocycles. The van der Waals surface area contributed by atoms with Crippen molar-refractivity contribution in [3.05, 3.63) is 35.4 Å². The number of nitrogens with zero attached hydrogens (tertiary/aromatic N) is 1. The minimum absolute atomic E-state index is 0.123. The molecule has 1 aromatic carbocycles. The van der Waals surface area contributed by atoms with E-state index in [-0.39, 0.29) is 5.54 Å². The lowest BCUT2D eigenvalue weighted by Crippen LogP contribution is -2.54. The van der Waals surface area contributed by atoms with Crippen LogP contribution in [0.1, 0.15) is 31.0 Å². The first-order chi connectivity index (χ1) is 9.03. The number of ether oxygens (including phenoxy) is 1. The maximum atomic E-state index is 5.59. The van der Waals surface area contributed by atoms with Gasteiger partial charge in [-0.2, -0.15) is 0 Å². The summed E-state index contributed by atoms with van der Waals surface area (Å²) < 4.78 is 5.59. The summed E-state index contributed by atoms with van der Waals surface area (Å²) in [4.78, 5) is 2.53. The quantitative estimate of drug-likeness (QED) is 0.901. The molecule has 106 valence electrons. The number of morpholine rings is 1. The number of likely N-dealkylation sites (N-methyl/N-ethyl adjacent to an activating group) is 1. The van der Waals surface area contributed by atoms with Gasteiger partial charge in [0.15, 0.2) is 0 Å². The molecular formula is C16H26N2O. The number of hydrogen-bond acceptors (Lipinski definition) is 3. The van der Waals surface area contributed by atoms with Gasteiger partial charge in [0.25, 0.3) is 0 Å². The van der Waals surface area contributed by atoms with Crippen LogP contribution in [0.25, 0.3) is 0 Å². The van der Waals surface area contributed by atoms with E-state index in [1.165, 1.54) is 11.1 Å². The average Bonchev–Trinajstić information content (AvgIpc) is 2.38. The Kier molecular flexibility index (Phi) is 4.61. The van der Waals surface area contributed by atoms with Crippen LogP contribution in [-0.4, -0.2) is 43.8 Å². The lowest BCUT2D eigenvalue weighted by Gasteiger charge is -2.43. The van der Waals surface area contributed by atoms with Crippen molar-refractivity contribution in [1.29, 1.82) is 0 Å². The topological polar surface area (TPSA) is 24.5 Å². The second kappa shape index (κ2) is 6.04. The molecule has 1 unspecified atom stereocenters. The maximum Gasteiger partial charge on any atom is 0.0645 e. The van der Waals surface area contributed by atoms with E-state index in [9.17, 15) is 0 Å². The number of benzene rings is 1. The zero-order valence-corrected chi connectivity index (χ0v) is 12.6. The van der Waals surface area contributed by atoms with E-state index in [1.807, 2.05) is 7.05 Å². The Bertz CT molecular complexity index is 400. The Labute approximate surface area is 116 Å². The van der Waals surface area contributed by atoms with E-state index in [0.717, 1.165) is 26.3 Å². The summed E-state index contributed by atoms with van der Waals surface area (Å²) in [7, 11) is 2.04. The Hall–Kier alpha value is -0.900. The van der Waals surface area contributed by atoms with Crippen molar-refractivity contribution in [1.82, 2.24) is 10.2 Å². The van der Waals surface area contributed by atoms with E-state index in [1.54, 1.807) is 0 Å². The van der Waals surface area contributed by atoms with Crippen LogP contribution >= 0.6 is 0 Å². The van der Waals surface area contributed by atoms with Gasteiger partial charge in [0.05, 0.1) is 13.2 Å². The molecule has 0 spiro atoms. The van der Waals surface area contributed by atoms with Gasteiger partial charge in [0, 0.05) is 24.7 Å². The van der Waals surface area contributed by atoms with E-state index in [4.69, 9.17) is 4.74 Å². The second-order valence-corrected chi connectivity index (χ2v) is 6.06. The Balaban J connectivity index is 2.08. The lowest BCUT2D eigenvalue weighted by molar-refractivity contribution is -0.0543. The van der Waals surface area contributed by atoms with Crippen molar-refractivity contribution in [2.24, 2.45) is 0 Å². The molecule has 1 fully saturated rings. The van der Waals surface area contributed by atoms with E-state index in [0.29, 0.717) is 6.04 Å². The van der Waals surface area contributed by atoms with Crippen molar-refractivity contribution in [3.63, 3.8) is 0 Å². The lowest BCUT2D eigenvalue weighted by atomic mass is 9.99. The molecule has 0 aromatic heterocycles. The molecule has 1 atom stereocenters. The monoisotopic (exact) mass is 262 g/mol. The summed E-state index contributed by atoms with van der Waals surface area (Å²) in [6, 6.07) is 9.19. The van der Waals surface area contributed by atoms with Gasteiger partial charge in [-0.25, -0.2) is 0 Å². The van der Waals surface area contributed by atoms with Crippen LogP contribution in [0.3, 0.4) is 0 Å². The van der Waals surface area contributed by atoms with Crippen molar-refractivity contribution in [3.8, 4) is 0 Å². The predicted octanol–water partition coefficient (Wildman–Crippen LogP) is 2.37. The number of hydrogen-bond donors (Lipinski definition) is 1. The summed E-state index contributed by atoms with van der Waals surface area (Å²) in [6.07, 6.45) is 0. The molecule has 19 heavy (non-hydrogen) atoms. The van der Waals surface area contributed by atoms with Crippen LogP contribution in [-0.2, 0) is 4.74 Å². The third-order valence-corrected chi connectivity index (χ3v) is 4.05. The molecule has 0 aliphatic carbocycles. The van der Waals surface area contributed by atoms with Crippen LogP contribution in [0.2, 0.25) is 0 Å². The van der Waals surface area contributed by atoms with Gasteiger partial charge < -0.3 is 10.1 Å². The van der Waals surface area contributed by atoms with Crippen molar-refractivity contribution in [2.75, 3.05) is 33.4 Å². The fraction of sp³-hybridized carbons (Fsp3) is 0.625. The van der Waals surface area contributed by atoms with Gasteiger partial charge in [-0.1, -0.05) is 29.8 Å². The second-order valence-electron chi connectivity index (χ2n) is 6.06. The minimum Gasteiger partial charge on any atom is -0.378 e. The first kappa shape index (κ1) is 14.5. The van der Waals surface area contributed by atoms with Crippen LogP contribution in [0.15, 0.2) is 24.3 Å². The SMILES string of the molecule is CNC(CN1CCOCC1(C)C)c1ccc(C)cc1. The fourth-order valence-electron chi connectivity index (χ4n) is 2.61. The molecule has 1 aliphatic rings. The minimum atomic E-state index is 0.123. The highest BCUT2D eigenvalue weighted by molar-refractivity contribution is 5.24. The van der Waals surface area contributed by atoms with Crippen LogP contribution in [0.5, 0.6) is 0 Å². The Morgan fingerprint density at radius 1 is 1.32 bits per heavy atom. The smallest absolute Gasteiger partial charge is 0.0645 e. The molecule has 3 nitrogen and oxygen atoms in total. The predicted molar refractivity (Wildman–Crippen MR) is 79.5 cm³/mol.